The lowest BCUT2D eigenvalue weighted by molar-refractivity contribution is 0.708. The molecule has 0 bridgehead atoms. The number of thioether (sulfide) groups is 1. The Bertz CT molecular complexity index is 332. The summed E-state index contributed by atoms with van der Waals surface area (Å²) in [6, 6.07) is 0. The van der Waals surface area contributed by atoms with Crippen LogP contribution in [0.2, 0.25) is 0 Å². The molecule has 1 rings (SSSR count). The molecule has 0 aliphatic carbocycles. The van der Waals surface area contributed by atoms with Crippen molar-refractivity contribution in [2.24, 2.45) is 0 Å². The molecule has 0 radical (unpaired) electrons. The number of hydrogen-bond acceptors (Lipinski definition) is 3. The molecule has 0 unspecified atom stereocenters. The standard InChI is InChI=1S/C13H21ClN2S/c1-10-11(2)15-13(16-12(10)3)17-9-7-5-4-6-8-14/h4-9H2,1-3H3. The van der Waals surface area contributed by atoms with Crippen LogP contribution >= 0.6 is 23.4 Å². The van der Waals surface area contributed by atoms with Crippen LogP contribution in [-0.2, 0) is 0 Å². The van der Waals surface area contributed by atoms with Crippen molar-refractivity contribution in [2.45, 2.75) is 51.6 Å². The highest BCUT2D eigenvalue weighted by atomic mass is 35.5. The van der Waals surface area contributed by atoms with Crippen molar-refractivity contribution in [3.63, 3.8) is 0 Å². The van der Waals surface area contributed by atoms with E-state index in [9.17, 15) is 0 Å². The van der Waals surface area contributed by atoms with E-state index in [0.29, 0.717) is 0 Å². The maximum Gasteiger partial charge on any atom is 0.187 e. The molecule has 0 atom stereocenters. The van der Waals surface area contributed by atoms with Crippen LogP contribution in [0.25, 0.3) is 0 Å². The van der Waals surface area contributed by atoms with Gasteiger partial charge in [-0.05, 0) is 39.2 Å². The summed E-state index contributed by atoms with van der Waals surface area (Å²) in [5.41, 5.74) is 3.40. The van der Waals surface area contributed by atoms with Crippen molar-refractivity contribution in [1.29, 1.82) is 0 Å². The lowest BCUT2D eigenvalue weighted by atomic mass is 10.2. The number of hydrogen-bond donors (Lipinski definition) is 0. The fourth-order valence-corrected chi connectivity index (χ4v) is 2.64. The average Bonchev–Trinajstić information content (AvgIpc) is 2.30. The first-order valence-electron chi connectivity index (χ1n) is 6.15. The highest BCUT2D eigenvalue weighted by Gasteiger charge is 2.04. The first-order valence-corrected chi connectivity index (χ1v) is 7.67. The van der Waals surface area contributed by atoms with Gasteiger partial charge in [-0.1, -0.05) is 24.6 Å². The fraction of sp³-hybridized carbons (Fsp3) is 0.692. The summed E-state index contributed by atoms with van der Waals surface area (Å²) in [4.78, 5) is 9.00. The van der Waals surface area contributed by atoms with E-state index in [0.717, 1.165) is 34.6 Å². The molecular weight excluding hydrogens is 252 g/mol. The molecule has 17 heavy (non-hydrogen) atoms. The normalized spacial score (nSPS) is 10.8. The van der Waals surface area contributed by atoms with Gasteiger partial charge in [-0.15, -0.1) is 11.6 Å². The maximum atomic E-state index is 5.63. The second kappa shape index (κ2) is 7.93. The van der Waals surface area contributed by atoms with Gasteiger partial charge in [-0.3, -0.25) is 0 Å². The predicted molar refractivity (Wildman–Crippen MR) is 76.2 cm³/mol. The Hall–Kier alpha value is -0.280. The van der Waals surface area contributed by atoms with Gasteiger partial charge in [0, 0.05) is 23.0 Å². The van der Waals surface area contributed by atoms with E-state index >= 15 is 0 Å². The third-order valence-corrected chi connectivity index (χ3v) is 4.07. The van der Waals surface area contributed by atoms with E-state index < -0.39 is 0 Å². The first-order chi connectivity index (χ1) is 8.15. The topological polar surface area (TPSA) is 25.8 Å². The van der Waals surface area contributed by atoms with Crippen LogP contribution in [0, 0.1) is 20.8 Å². The summed E-state index contributed by atoms with van der Waals surface area (Å²) < 4.78 is 0. The van der Waals surface area contributed by atoms with Crippen molar-refractivity contribution in [3.05, 3.63) is 17.0 Å². The van der Waals surface area contributed by atoms with Gasteiger partial charge in [-0.2, -0.15) is 0 Å². The third kappa shape index (κ3) is 5.26. The van der Waals surface area contributed by atoms with Crippen molar-refractivity contribution in [3.8, 4) is 0 Å². The number of alkyl halides is 1. The minimum absolute atomic E-state index is 0.784. The molecule has 1 aromatic rings. The van der Waals surface area contributed by atoms with Crippen molar-refractivity contribution < 1.29 is 0 Å². The number of halogens is 1. The number of nitrogens with zero attached hydrogens (tertiary/aromatic N) is 2. The zero-order valence-corrected chi connectivity index (χ0v) is 12.5. The maximum absolute atomic E-state index is 5.63. The lowest BCUT2D eigenvalue weighted by Crippen LogP contribution is -1.98. The molecule has 4 heteroatoms. The van der Waals surface area contributed by atoms with Gasteiger partial charge in [0.1, 0.15) is 0 Å². The van der Waals surface area contributed by atoms with Gasteiger partial charge < -0.3 is 0 Å². The first kappa shape index (κ1) is 14.8. The van der Waals surface area contributed by atoms with Gasteiger partial charge in [0.2, 0.25) is 0 Å². The van der Waals surface area contributed by atoms with Crippen LogP contribution < -0.4 is 0 Å². The van der Waals surface area contributed by atoms with Crippen LogP contribution in [0.5, 0.6) is 0 Å². The van der Waals surface area contributed by atoms with Crippen LogP contribution in [0.4, 0.5) is 0 Å². The molecule has 2 nitrogen and oxygen atoms in total. The molecule has 0 fully saturated rings. The molecule has 0 saturated heterocycles. The zero-order valence-electron chi connectivity index (χ0n) is 10.9. The van der Waals surface area contributed by atoms with Crippen molar-refractivity contribution in [2.75, 3.05) is 11.6 Å². The highest BCUT2D eigenvalue weighted by Crippen LogP contribution is 2.18. The Morgan fingerprint density at radius 3 is 2.12 bits per heavy atom. The summed E-state index contributed by atoms with van der Waals surface area (Å²) in [7, 11) is 0. The van der Waals surface area contributed by atoms with E-state index in [1.165, 1.54) is 24.8 Å². The number of aryl methyl sites for hydroxylation is 2. The molecule has 0 aliphatic rings. The molecule has 0 aliphatic heterocycles. The molecule has 1 heterocycles. The molecular formula is C13H21ClN2S. The largest absolute Gasteiger partial charge is 0.228 e. The highest BCUT2D eigenvalue weighted by molar-refractivity contribution is 7.99. The Labute approximate surface area is 114 Å². The second-order valence-corrected chi connectivity index (χ2v) is 5.69. The van der Waals surface area contributed by atoms with Crippen LogP contribution in [0.15, 0.2) is 5.16 Å². The number of rotatable bonds is 7. The quantitative estimate of drug-likeness (QED) is 0.320. The smallest absolute Gasteiger partial charge is 0.187 e. The Kier molecular flexibility index (Phi) is 6.90. The van der Waals surface area contributed by atoms with Gasteiger partial charge >= 0.3 is 0 Å². The summed E-state index contributed by atoms with van der Waals surface area (Å²) in [6.07, 6.45) is 4.84. The minimum atomic E-state index is 0.784. The van der Waals surface area contributed by atoms with E-state index in [-0.39, 0.29) is 0 Å². The average molecular weight is 273 g/mol. The summed E-state index contributed by atoms with van der Waals surface area (Å²) in [5, 5.41) is 0.919. The SMILES string of the molecule is Cc1nc(SCCCCCCCl)nc(C)c1C. The lowest BCUT2D eigenvalue weighted by Gasteiger charge is -2.06. The zero-order chi connectivity index (χ0) is 12.7. The van der Waals surface area contributed by atoms with Crippen LogP contribution in [-0.4, -0.2) is 21.6 Å². The summed E-state index contributed by atoms with van der Waals surface area (Å²) in [6.45, 7) is 6.17. The summed E-state index contributed by atoms with van der Waals surface area (Å²) in [5.74, 6) is 1.89. The minimum Gasteiger partial charge on any atom is -0.228 e. The molecule has 0 amide bonds. The van der Waals surface area contributed by atoms with E-state index in [2.05, 4.69) is 30.7 Å². The van der Waals surface area contributed by atoms with Gasteiger partial charge in [0.25, 0.3) is 0 Å². The van der Waals surface area contributed by atoms with E-state index in [1.807, 2.05) is 0 Å². The molecule has 0 aromatic carbocycles. The van der Waals surface area contributed by atoms with Crippen molar-refractivity contribution in [1.82, 2.24) is 9.97 Å². The second-order valence-electron chi connectivity index (χ2n) is 4.25. The number of unbranched alkanes of at least 4 members (excludes halogenated alkanes) is 3. The molecule has 0 saturated carbocycles. The monoisotopic (exact) mass is 272 g/mol. The van der Waals surface area contributed by atoms with Crippen LogP contribution in [0.3, 0.4) is 0 Å². The molecule has 0 N–H and O–H groups in total. The number of aromatic nitrogens is 2. The van der Waals surface area contributed by atoms with Gasteiger partial charge in [-0.25, -0.2) is 9.97 Å². The molecule has 96 valence electrons. The third-order valence-electron chi connectivity index (χ3n) is 2.87. The predicted octanol–water partition coefficient (Wildman–Crippen LogP) is 4.29. The van der Waals surface area contributed by atoms with E-state index in [1.54, 1.807) is 11.8 Å². The summed E-state index contributed by atoms with van der Waals surface area (Å²) >= 11 is 7.39. The molecule has 1 aromatic heterocycles. The Morgan fingerprint density at radius 2 is 1.53 bits per heavy atom. The van der Waals surface area contributed by atoms with Crippen LogP contribution in [0.1, 0.15) is 42.6 Å². The Balaban J connectivity index is 2.32. The fourth-order valence-electron chi connectivity index (χ4n) is 1.52. The van der Waals surface area contributed by atoms with Crippen molar-refractivity contribution >= 4 is 23.4 Å². The van der Waals surface area contributed by atoms with E-state index in [4.69, 9.17) is 11.6 Å². The molecule has 0 spiro atoms. The van der Waals surface area contributed by atoms with Gasteiger partial charge in [0.05, 0.1) is 0 Å². The van der Waals surface area contributed by atoms with Gasteiger partial charge in [0.15, 0.2) is 5.16 Å². The Morgan fingerprint density at radius 1 is 0.941 bits per heavy atom.